The standard InChI is InChI=1S/C22H32N2O4/c1-16-5-7-20(28-16)15-24-11-10-23(14-19(24)9-12-25)13-18-6-8-21(26-3)17(2)22(18)27-4/h5-8,19,25H,9-15H2,1-4H3/t19-/m1/s1. The summed E-state index contributed by atoms with van der Waals surface area (Å²) in [5.41, 5.74) is 2.19. The Kier molecular flexibility index (Phi) is 6.99. The SMILES string of the molecule is COc1ccc(CN2CCN(Cc3ccc(C)o3)[C@H](CCO)C2)c(OC)c1C. The molecule has 0 spiro atoms. The number of benzene rings is 1. The summed E-state index contributed by atoms with van der Waals surface area (Å²) >= 11 is 0. The van der Waals surface area contributed by atoms with Crippen LogP contribution in [0.2, 0.25) is 0 Å². The fourth-order valence-corrected chi connectivity index (χ4v) is 4.10. The largest absolute Gasteiger partial charge is 0.496 e. The van der Waals surface area contributed by atoms with E-state index < -0.39 is 0 Å². The van der Waals surface area contributed by atoms with Crippen molar-refractivity contribution in [2.45, 2.75) is 39.4 Å². The van der Waals surface area contributed by atoms with Gasteiger partial charge in [-0.25, -0.2) is 0 Å². The summed E-state index contributed by atoms with van der Waals surface area (Å²) in [5.74, 6) is 3.67. The number of aryl methyl sites for hydroxylation is 1. The molecule has 0 aliphatic carbocycles. The molecule has 2 heterocycles. The van der Waals surface area contributed by atoms with Crippen LogP contribution in [0.25, 0.3) is 0 Å². The lowest BCUT2D eigenvalue weighted by Gasteiger charge is -2.41. The minimum absolute atomic E-state index is 0.192. The lowest BCUT2D eigenvalue weighted by atomic mass is 10.0. The van der Waals surface area contributed by atoms with Gasteiger partial charge in [0.25, 0.3) is 0 Å². The number of piperazine rings is 1. The molecule has 0 bridgehead atoms. The highest BCUT2D eigenvalue weighted by atomic mass is 16.5. The Morgan fingerprint density at radius 3 is 2.54 bits per heavy atom. The smallest absolute Gasteiger partial charge is 0.129 e. The zero-order valence-electron chi connectivity index (χ0n) is 17.4. The summed E-state index contributed by atoms with van der Waals surface area (Å²) in [5, 5.41) is 9.56. The Labute approximate surface area is 167 Å². The van der Waals surface area contributed by atoms with E-state index in [4.69, 9.17) is 13.9 Å². The van der Waals surface area contributed by atoms with Crippen LogP contribution in [0.1, 0.15) is 29.1 Å². The average Bonchev–Trinajstić information content (AvgIpc) is 3.09. The van der Waals surface area contributed by atoms with Gasteiger partial charge in [0.15, 0.2) is 0 Å². The zero-order valence-corrected chi connectivity index (χ0v) is 17.4. The molecule has 1 aliphatic rings. The van der Waals surface area contributed by atoms with Crippen molar-refractivity contribution in [1.82, 2.24) is 9.80 Å². The molecule has 1 fully saturated rings. The molecule has 1 aromatic carbocycles. The molecule has 1 N–H and O–H groups in total. The van der Waals surface area contributed by atoms with E-state index in [1.807, 2.05) is 32.0 Å². The van der Waals surface area contributed by atoms with Gasteiger partial charge in [-0.3, -0.25) is 9.80 Å². The maximum Gasteiger partial charge on any atom is 0.129 e. The summed E-state index contributed by atoms with van der Waals surface area (Å²) in [6.45, 7) is 8.63. The molecule has 28 heavy (non-hydrogen) atoms. The summed E-state index contributed by atoms with van der Waals surface area (Å²) < 4.78 is 16.8. The summed E-state index contributed by atoms with van der Waals surface area (Å²) in [4.78, 5) is 4.86. The predicted molar refractivity (Wildman–Crippen MR) is 109 cm³/mol. The van der Waals surface area contributed by atoms with Crippen molar-refractivity contribution in [1.29, 1.82) is 0 Å². The first-order valence-corrected chi connectivity index (χ1v) is 9.88. The third kappa shape index (κ3) is 4.69. The van der Waals surface area contributed by atoms with E-state index in [2.05, 4.69) is 15.9 Å². The molecule has 0 amide bonds. The number of ether oxygens (including phenoxy) is 2. The van der Waals surface area contributed by atoms with E-state index in [0.717, 1.165) is 67.7 Å². The predicted octanol–water partition coefficient (Wildman–Crippen LogP) is 2.98. The lowest BCUT2D eigenvalue weighted by Crippen LogP contribution is -2.52. The Morgan fingerprint density at radius 2 is 1.89 bits per heavy atom. The topological polar surface area (TPSA) is 58.3 Å². The molecule has 154 valence electrons. The van der Waals surface area contributed by atoms with Gasteiger partial charge in [0, 0.05) is 50.0 Å². The van der Waals surface area contributed by atoms with Crippen LogP contribution >= 0.6 is 0 Å². The average molecular weight is 389 g/mol. The summed E-state index contributed by atoms with van der Waals surface area (Å²) in [6.07, 6.45) is 0.759. The van der Waals surface area contributed by atoms with Crippen molar-refractivity contribution < 1.29 is 19.0 Å². The van der Waals surface area contributed by atoms with Gasteiger partial charge >= 0.3 is 0 Å². The molecule has 2 aromatic rings. The van der Waals surface area contributed by atoms with E-state index in [9.17, 15) is 5.11 Å². The number of aliphatic hydroxyl groups excluding tert-OH is 1. The normalized spacial score (nSPS) is 18.4. The second-order valence-corrected chi connectivity index (χ2v) is 7.47. The van der Waals surface area contributed by atoms with E-state index >= 15 is 0 Å². The molecular formula is C22H32N2O4. The molecule has 1 aliphatic heterocycles. The van der Waals surface area contributed by atoms with Crippen LogP contribution in [0.3, 0.4) is 0 Å². The first-order valence-electron chi connectivity index (χ1n) is 9.88. The van der Waals surface area contributed by atoms with Crippen LogP contribution in [0, 0.1) is 13.8 Å². The van der Waals surface area contributed by atoms with Gasteiger partial charge in [0.2, 0.25) is 0 Å². The number of hydrogen-bond donors (Lipinski definition) is 1. The van der Waals surface area contributed by atoms with Crippen molar-refractivity contribution in [2.24, 2.45) is 0 Å². The number of hydrogen-bond acceptors (Lipinski definition) is 6. The first-order chi connectivity index (χ1) is 13.5. The molecule has 3 rings (SSSR count). The van der Waals surface area contributed by atoms with Gasteiger partial charge in [0.05, 0.1) is 20.8 Å². The van der Waals surface area contributed by atoms with Crippen LogP contribution in [-0.4, -0.2) is 61.4 Å². The van der Waals surface area contributed by atoms with Gasteiger partial charge in [-0.15, -0.1) is 0 Å². The molecule has 1 aromatic heterocycles. The Hall–Kier alpha value is -2.02. The van der Waals surface area contributed by atoms with Crippen molar-refractivity contribution in [2.75, 3.05) is 40.5 Å². The Morgan fingerprint density at radius 1 is 1.07 bits per heavy atom. The van der Waals surface area contributed by atoms with Gasteiger partial charge in [-0.2, -0.15) is 0 Å². The van der Waals surface area contributed by atoms with Gasteiger partial charge in [-0.05, 0) is 38.5 Å². The Balaban J connectivity index is 1.69. The number of aliphatic hydroxyl groups is 1. The molecule has 0 saturated carbocycles. The number of rotatable bonds is 8. The molecule has 6 nitrogen and oxygen atoms in total. The molecule has 1 atom stereocenters. The summed E-state index contributed by atoms with van der Waals surface area (Å²) in [7, 11) is 3.39. The highest BCUT2D eigenvalue weighted by molar-refractivity contribution is 5.49. The van der Waals surface area contributed by atoms with Gasteiger partial charge in [-0.1, -0.05) is 6.07 Å². The molecule has 0 radical (unpaired) electrons. The first kappa shape index (κ1) is 20.7. The van der Waals surface area contributed by atoms with E-state index in [-0.39, 0.29) is 6.61 Å². The minimum atomic E-state index is 0.192. The second kappa shape index (κ2) is 9.45. The van der Waals surface area contributed by atoms with Crippen LogP contribution in [0.15, 0.2) is 28.7 Å². The van der Waals surface area contributed by atoms with Crippen molar-refractivity contribution in [3.05, 3.63) is 46.9 Å². The Bertz CT molecular complexity index is 774. The van der Waals surface area contributed by atoms with E-state index in [1.54, 1.807) is 14.2 Å². The fourth-order valence-electron chi connectivity index (χ4n) is 4.10. The van der Waals surface area contributed by atoms with Crippen LogP contribution < -0.4 is 9.47 Å². The molecule has 0 unspecified atom stereocenters. The van der Waals surface area contributed by atoms with Crippen molar-refractivity contribution in [3.8, 4) is 11.5 Å². The quantitative estimate of drug-likeness (QED) is 0.750. The van der Waals surface area contributed by atoms with E-state index in [0.29, 0.717) is 6.04 Å². The third-order valence-electron chi connectivity index (χ3n) is 5.56. The highest BCUT2D eigenvalue weighted by Crippen LogP contribution is 2.32. The molecule has 6 heteroatoms. The molecular weight excluding hydrogens is 356 g/mol. The fraction of sp³-hybridized carbons (Fsp3) is 0.545. The number of furan rings is 1. The van der Waals surface area contributed by atoms with Gasteiger partial charge < -0.3 is 19.0 Å². The zero-order chi connectivity index (χ0) is 20.1. The second-order valence-electron chi connectivity index (χ2n) is 7.47. The number of nitrogens with zero attached hydrogens (tertiary/aromatic N) is 2. The highest BCUT2D eigenvalue weighted by Gasteiger charge is 2.28. The monoisotopic (exact) mass is 388 g/mol. The lowest BCUT2D eigenvalue weighted by molar-refractivity contribution is 0.0451. The summed E-state index contributed by atoms with van der Waals surface area (Å²) in [6, 6.07) is 8.44. The van der Waals surface area contributed by atoms with E-state index in [1.165, 1.54) is 5.56 Å². The van der Waals surface area contributed by atoms with Crippen LogP contribution in [0.5, 0.6) is 11.5 Å². The van der Waals surface area contributed by atoms with Crippen molar-refractivity contribution >= 4 is 0 Å². The van der Waals surface area contributed by atoms with Crippen LogP contribution in [-0.2, 0) is 13.1 Å². The molecule has 1 saturated heterocycles. The van der Waals surface area contributed by atoms with Gasteiger partial charge in [0.1, 0.15) is 23.0 Å². The maximum atomic E-state index is 9.56. The van der Waals surface area contributed by atoms with Crippen molar-refractivity contribution in [3.63, 3.8) is 0 Å². The maximum absolute atomic E-state index is 9.56. The number of methoxy groups -OCH3 is 2. The third-order valence-corrected chi connectivity index (χ3v) is 5.56. The van der Waals surface area contributed by atoms with Crippen LogP contribution in [0.4, 0.5) is 0 Å². The minimum Gasteiger partial charge on any atom is -0.496 e.